The topological polar surface area (TPSA) is 185 Å². The van der Waals surface area contributed by atoms with Crippen LogP contribution in [-0.4, -0.2) is 52.3 Å². The Balaban J connectivity index is 0.962. The zero-order chi connectivity index (χ0) is 54.6. The van der Waals surface area contributed by atoms with E-state index in [2.05, 4.69) is 10.2 Å². The molecule has 396 valence electrons. The number of carbonyl (C=O) groups excluding carboxylic acids is 4. The first-order valence-corrected chi connectivity index (χ1v) is 24.4. The highest BCUT2D eigenvalue weighted by Crippen LogP contribution is 2.35. The average Bonchev–Trinajstić information content (AvgIpc) is 3.50. The Labute approximate surface area is 450 Å². The highest BCUT2D eigenvalue weighted by Gasteiger charge is 2.14. The van der Waals surface area contributed by atoms with Gasteiger partial charge in [0.05, 0.1) is 50.7 Å². The Morgan fingerprint density at radius 2 is 0.538 bits per heavy atom. The summed E-state index contributed by atoms with van der Waals surface area (Å²) in [4.78, 5) is 48.0. The van der Waals surface area contributed by atoms with Gasteiger partial charge >= 0.3 is 23.9 Å². The lowest BCUT2D eigenvalue weighted by Gasteiger charge is -2.14. The zero-order valence-electron chi connectivity index (χ0n) is 43.2. The van der Waals surface area contributed by atoms with E-state index < -0.39 is 23.9 Å². The zero-order valence-corrected chi connectivity index (χ0v) is 43.2. The molecule has 8 aromatic rings. The minimum atomic E-state index is -0.429. The fourth-order valence-electron chi connectivity index (χ4n) is 7.60. The smallest absolute Gasteiger partial charge is 0.337 e. The Bertz CT molecular complexity index is 2970. The molecular weight excluding hydrogens is 997 g/mol. The van der Waals surface area contributed by atoms with Gasteiger partial charge in [-0.05, 0) is 130 Å². The molecule has 0 bridgehead atoms. The van der Waals surface area contributed by atoms with Crippen molar-refractivity contribution >= 4 is 35.3 Å². The summed E-state index contributed by atoms with van der Waals surface area (Å²) in [7, 11) is 5.34. The number of hydrogen-bond acceptors (Lipinski definition) is 16. The molecule has 0 saturated heterocycles. The molecule has 0 fully saturated rings. The first-order chi connectivity index (χ1) is 38.1. The molecule has 0 amide bonds. The number of nitrogens with zero attached hydrogens (tertiary/aromatic N) is 2. The van der Waals surface area contributed by atoms with Gasteiger partial charge in [0.2, 0.25) is 0 Å². The van der Waals surface area contributed by atoms with E-state index in [1.165, 1.54) is 28.4 Å². The van der Waals surface area contributed by atoms with Gasteiger partial charge in [-0.1, -0.05) is 72.8 Å². The molecule has 16 nitrogen and oxygen atoms in total. The van der Waals surface area contributed by atoms with Crippen molar-refractivity contribution in [3.05, 3.63) is 238 Å². The maximum absolute atomic E-state index is 12.0. The maximum atomic E-state index is 12.0. The third kappa shape index (κ3) is 15.3. The van der Waals surface area contributed by atoms with Crippen LogP contribution in [0.1, 0.15) is 74.8 Å². The Morgan fingerprint density at radius 3 is 0.795 bits per heavy atom. The van der Waals surface area contributed by atoms with Crippen LogP contribution >= 0.6 is 0 Å². The van der Waals surface area contributed by atoms with Crippen LogP contribution in [0, 0.1) is 0 Å². The lowest BCUT2D eigenvalue weighted by Crippen LogP contribution is -2.03. The van der Waals surface area contributed by atoms with Gasteiger partial charge in [0.1, 0.15) is 85.5 Å². The van der Waals surface area contributed by atoms with E-state index in [-0.39, 0.29) is 39.6 Å². The molecule has 0 radical (unpaired) electrons. The molecule has 0 unspecified atom stereocenters. The Hall–Kier alpha value is -9.96. The van der Waals surface area contributed by atoms with E-state index in [1.54, 1.807) is 133 Å². The van der Waals surface area contributed by atoms with E-state index in [4.69, 9.17) is 47.4 Å². The van der Waals surface area contributed by atoms with E-state index in [1.807, 2.05) is 48.5 Å². The largest absolute Gasteiger partial charge is 0.489 e. The second kappa shape index (κ2) is 27.0. The molecule has 0 aliphatic carbocycles. The van der Waals surface area contributed by atoms with Crippen molar-refractivity contribution < 1.29 is 66.5 Å². The van der Waals surface area contributed by atoms with Crippen LogP contribution in [0.15, 0.2) is 192 Å². The summed E-state index contributed by atoms with van der Waals surface area (Å²) in [5.41, 5.74) is 7.46. The predicted octanol–water partition coefficient (Wildman–Crippen LogP) is 12.7. The van der Waals surface area contributed by atoms with Crippen LogP contribution in [0.2, 0.25) is 0 Å². The molecule has 0 aliphatic rings. The molecule has 8 aromatic carbocycles. The molecule has 0 atom stereocenters. The number of azo groups is 1. The molecule has 8 rings (SSSR count). The molecule has 0 heterocycles. The van der Waals surface area contributed by atoms with Crippen molar-refractivity contribution in [2.24, 2.45) is 10.2 Å². The van der Waals surface area contributed by atoms with Crippen molar-refractivity contribution in [2.75, 3.05) is 28.4 Å². The van der Waals surface area contributed by atoms with Crippen molar-refractivity contribution in [1.82, 2.24) is 0 Å². The number of para-hydroxylation sites is 2. The monoisotopic (exact) mass is 1050 g/mol. The number of carbonyl (C=O) groups is 4. The van der Waals surface area contributed by atoms with Crippen LogP contribution in [-0.2, 0) is 58.6 Å². The van der Waals surface area contributed by atoms with Crippen molar-refractivity contribution in [3.8, 4) is 34.5 Å². The van der Waals surface area contributed by atoms with Gasteiger partial charge in [0, 0.05) is 12.1 Å². The highest BCUT2D eigenvalue weighted by atomic mass is 16.5. The third-order valence-corrected chi connectivity index (χ3v) is 11.8. The van der Waals surface area contributed by atoms with Crippen molar-refractivity contribution in [1.29, 1.82) is 0 Å². The van der Waals surface area contributed by atoms with E-state index >= 15 is 0 Å². The van der Waals surface area contributed by atoms with E-state index in [0.717, 1.165) is 33.4 Å². The second-order valence-corrected chi connectivity index (χ2v) is 17.2. The molecule has 78 heavy (non-hydrogen) atoms. The lowest BCUT2D eigenvalue weighted by molar-refractivity contribution is 0.0592. The summed E-state index contributed by atoms with van der Waals surface area (Å²) in [5, 5.41) is 9.21. The summed E-state index contributed by atoms with van der Waals surface area (Å²) in [5.74, 6) is 1.29. The average molecular weight is 1050 g/mol. The lowest BCUT2D eigenvalue weighted by atomic mass is 10.1. The number of hydrogen-bond donors (Lipinski definition) is 0. The standard InChI is InChI=1S/C62H54N2O14/c1-69-59(65)47-21-13-41(14-22-47)35-73-51-29-45(30-52(33-51)74-36-42-15-23-48(24-16-42)60(66)70-2)39-77-57-11-7-5-9-55(57)63-64-56-10-6-8-12-58(56)78-40-46-31-53(75-37-43-17-25-49(26-18-43)61(67)71-3)34-54(32-46)76-38-44-19-27-50(28-20-44)62(68)72-4/h5-34H,35-40H2,1-4H3. The fourth-order valence-corrected chi connectivity index (χ4v) is 7.60. The normalized spacial score (nSPS) is 10.8. The molecule has 0 N–H and O–H groups in total. The van der Waals surface area contributed by atoms with Gasteiger partial charge in [0.25, 0.3) is 0 Å². The van der Waals surface area contributed by atoms with Gasteiger partial charge in [-0.2, -0.15) is 0 Å². The van der Waals surface area contributed by atoms with Gasteiger partial charge in [-0.25, -0.2) is 19.2 Å². The molecular formula is C62H54N2O14. The van der Waals surface area contributed by atoms with Crippen LogP contribution in [0.4, 0.5) is 11.4 Å². The number of rotatable bonds is 24. The second-order valence-electron chi connectivity index (χ2n) is 17.2. The quantitative estimate of drug-likeness (QED) is 0.0316. The van der Waals surface area contributed by atoms with Gasteiger partial charge in [-0.15, -0.1) is 10.2 Å². The Morgan fingerprint density at radius 1 is 0.295 bits per heavy atom. The summed E-state index contributed by atoms with van der Waals surface area (Å²) >= 11 is 0. The molecule has 16 heteroatoms. The summed E-state index contributed by atoms with van der Waals surface area (Å²) in [6, 6.07) is 53.3. The first kappa shape index (κ1) is 54.3. The van der Waals surface area contributed by atoms with Gasteiger partial charge < -0.3 is 47.4 Å². The molecule has 0 aromatic heterocycles. The van der Waals surface area contributed by atoms with Crippen molar-refractivity contribution in [2.45, 2.75) is 39.6 Å². The van der Waals surface area contributed by atoms with Crippen LogP contribution in [0.3, 0.4) is 0 Å². The number of ether oxygens (including phenoxy) is 10. The predicted molar refractivity (Wildman–Crippen MR) is 287 cm³/mol. The third-order valence-electron chi connectivity index (χ3n) is 11.8. The summed E-state index contributed by atoms with van der Waals surface area (Å²) in [6.07, 6.45) is 0. The first-order valence-electron chi connectivity index (χ1n) is 24.4. The number of esters is 4. The minimum absolute atomic E-state index is 0.110. The Kier molecular flexibility index (Phi) is 18.8. The number of methoxy groups -OCH3 is 4. The SMILES string of the molecule is COC(=O)c1ccc(COc2cc(COc3ccccc3N=Nc3ccccc3OCc3cc(OCc4ccc(C(=O)OC)cc4)cc(OCc4ccc(C(=O)OC)cc4)c3)cc(OCc3ccc(C(=O)OC)cc3)c2)cc1. The molecule has 0 spiro atoms. The van der Waals surface area contributed by atoms with Crippen LogP contribution in [0.5, 0.6) is 34.5 Å². The number of benzene rings is 8. The van der Waals surface area contributed by atoms with Crippen LogP contribution < -0.4 is 28.4 Å². The summed E-state index contributed by atoms with van der Waals surface area (Å²) < 4.78 is 57.0. The van der Waals surface area contributed by atoms with Crippen molar-refractivity contribution in [3.63, 3.8) is 0 Å². The van der Waals surface area contributed by atoms with Gasteiger partial charge in [-0.3, -0.25) is 0 Å². The minimum Gasteiger partial charge on any atom is -0.489 e. The highest BCUT2D eigenvalue weighted by molar-refractivity contribution is 5.90. The molecule has 0 saturated carbocycles. The maximum Gasteiger partial charge on any atom is 0.337 e. The fraction of sp³-hybridized carbons (Fsp3) is 0.161. The van der Waals surface area contributed by atoms with E-state index in [0.29, 0.717) is 68.1 Å². The summed E-state index contributed by atoms with van der Waals surface area (Å²) in [6.45, 7) is 1.05. The van der Waals surface area contributed by atoms with Crippen LogP contribution in [0.25, 0.3) is 0 Å². The molecule has 0 aliphatic heterocycles. The van der Waals surface area contributed by atoms with E-state index in [9.17, 15) is 19.2 Å². The van der Waals surface area contributed by atoms with Gasteiger partial charge in [0.15, 0.2) is 0 Å².